The summed E-state index contributed by atoms with van der Waals surface area (Å²) < 4.78 is 10.2. The fourth-order valence-corrected chi connectivity index (χ4v) is 2.60. The van der Waals surface area contributed by atoms with Gasteiger partial charge in [-0.25, -0.2) is 25.0 Å². The fraction of sp³-hybridized carbons (Fsp3) is 0.136. The maximum absolute atomic E-state index is 12.2. The predicted octanol–water partition coefficient (Wildman–Crippen LogP) is 3.54. The summed E-state index contributed by atoms with van der Waals surface area (Å²) in [6, 6.07) is 11.7. The van der Waals surface area contributed by atoms with E-state index in [1.165, 1.54) is 36.7 Å². The Labute approximate surface area is 188 Å². The van der Waals surface area contributed by atoms with Crippen LogP contribution in [0.2, 0.25) is 0 Å². The first-order valence-electron chi connectivity index (χ1n) is 9.74. The van der Waals surface area contributed by atoms with Gasteiger partial charge in [-0.15, -0.1) is 0 Å². The molecule has 11 heteroatoms. The zero-order chi connectivity index (χ0) is 23.8. The lowest BCUT2D eigenvalue weighted by atomic mass is 10.2. The molecular weight excluding hydrogens is 430 g/mol. The standard InChI is InChI=1S/C22H19N5O6/c1-3-32-21(29)19-13-23-22(25-14(19)2)26-24-12-15-4-10-18(11-5-15)33-20(28)16-6-8-17(9-7-16)27(30)31/h4-13H,3H2,1-2H3,(H,23,25,26)/b24-12+. The van der Waals surface area contributed by atoms with Gasteiger partial charge in [0.05, 0.1) is 34.6 Å². The molecule has 0 radical (unpaired) electrons. The van der Waals surface area contributed by atoms with Crippen LogP contribution < -0.4 is 10.2 Å². The number of nitro groups is 1. The molecule has 0 atom stereocenters. The van der Waals surface area contributed by atoms with Crippen molar-refractivity contribution in [1.29, 1.82) is 0 Å². The molecule has 0 saturated heterocycles. The summed E-state index contributed by atoms with van der Waals surface area (Å²) in [4.78, 5) is 42.3. The summed E-state index contributed by atoms with van der Waals surface area (Å²) >= 11 is 0. The number of rotatable bonds is 8. The molecule has 11 nitrogen and oxygen atoms in total. The molecule has 0 spiro atoms. The lowest BCUT2D eigenvalue weighted by molar-refractivity contribution is -0.384. The maximum Gasteiger partial charge on any atom is 0.343 e. The van der Waals surface area contributed by atoms with Crippen molar-refractivity contribution in [1.82, 2.24) is 9.97 Å². The zero-order valence-electron chi connectivity index (χ0n) is 17.7. The van der Waals surface area contributed by atoms with Crippen LogP contribution in [0.5, 0.6) is 5.75 Å². The molecule has 0 aliphatic rings. The molecule has 0 aliphatic heterocycles. The largest absolute Gasteiger partial charge is 0.462 e. The van der Waals surface area contributed by atoms with E-state index in [4.69, 9.17) is 9.47 Å². The number of hydrogen-bond acceptors (Lipinski definition) is 10. The Balaban J connectivity index is 1.57. The van der Waals surface area contributed by atoms with Gasteiger partial charge in [0.1, 0.15) is 5.75 Å². The molecular formula is C22H19N5O6. The molecule has 1 heterocycles. The summed E-state index contributed by atoms with van der Waals surface area (Å²) in [6.45, 7) is 3.64. The third kappa shape index (κ3) is 6.17. The number of ether oxygens (including phenoxy) is 2. The average molecular weight is 449 g/mol. The molecule has 2 aromatic carbocycles. The molecule has 33 heavy (non-hydrogen) atoms. The smallest absolute Gasteiger partial charge is 0.343 e. The molecule has 0 fully saturated rings. The Kier molecular flexibility index (Phi) is 7.37. The molecule has 0 aliphatic carbocycles. The van der Waals surface area contributed by atoms with Gasteiger partial charge in [0.25, 0.3) is 5.69 Å². The van der Waals surface area contributed by atoms with Gasteiger partial charge in [-0.3, -0.25) is 10.1 Å². The Morgan fingerprint density at radius 2 is 1.82 bits per heavy atom. The van der Waals surface area contributed by atoms with Crippen LogP contribution in [-0.4, -0.2) is 39.7 Å². The zero-order valence-corrected chi connectivity index (χ0v) is 17.7. The SMILES string of the molecule is CCOC(=O)c1cnc(N/N=C/c2ccc(OC(=O)c3ccc([N+](=O)[O-])cc3)cc2)nc1C. The van der Waals surface area contributed by atoms with Crippen molar-refractivity contribution in [2.75, 3.05) is 12.0 Å². The third-order valence-electron chi connectivity index (χ3n) is 4.26. The van der Waals surface area contributed by atoms with E-state index in [-0.39, 0.29) is 29.4 Å². The first-order chi connectivity index (χ1) is 15.9. The van der Waals surface area contributed by atoms with E-state index < -0.39 is 16.9 Å². The van der Waals surface area contributed by atoms with Crippen LogP contribution in [0.15, 0.2) is 59.8 Å². The molecule has 168 valence electrons. The van der Waals surface area contributed by atoms with E-state index in [0.29, 0.717) is 17.0 Å². The van der Waals surface area contributed by atoms with Crippen LogP contribution >= 0.6 is 0 Å². The van der Waals surface area contributed by atoms with E-state index >= 15 is 0 Å². The molecule has 3 rings (SSSR count). The van der Waals surface area contributed by atoms with Gasteiger partial charge in [0.2, 0.25) is 5.95 Å². The first kappa shape index (κ1) is 23.0. The van der Waals surface area contributed by atoms with E-state index in [1.54, 1.807) is 38.1 Å². The Hall–Kier alpha value is -4.67. The second-order valence-electron chi connectivity index (χ2n) is 6.55. The molecule has 1 N–H and O–H groups in total. The highest BCUT2D eigenvalue weighted by Crippen LogP contribution is 2.16. The highest BCUT2D eigenvalue weighted by Gasteiger charge is 2.13. The van der Waals surface area contributed by atoms with Crippen molar-refractivity contribution in [3.8, 4) is 5.75 Å². The van der Waals surface area contributed by atoms with E-state index in [9.17, 15) is 19.7 Å². The molecule has 3 aromatic rings. The summed E-state index contributed by atoms with van der Waals surface area (Å²) in [5.74, 6) is -0.603. The minimum Gasteiger partial charge on any atom is -0.462 e. The Morgan fingerprint density at radius 3 is 2.42 bits per heavy atom. The van der Waals surface area contributed by atoms with Crippen molar-refractivity contribution in [3.63, 3.8) is 0 Å². The predicted molar refractivity (Wildman–Crippen MR) is 118 cm³/mol. The van der Waals surface area contributed by atoms with Crippen molar-refractivity contribution in [2.24, 2.45) is 5.10 Å². The normalized spacial score (nSPS) is 10.6. The minimum atomic E-state index is -0.633. The summed E-state index contributed by atoms with van der Waals surface area (Å²) in [7, 11) is 0. The number of non-ortho nitro benzene ring substituents is 1. The van der Waals surface area contributed by atoms with E-state index in [2.05, 4.69) is 20.5 Å². The monoisotopic (exact) mass is 449 g/mol. The number of esters is 2. The fourth-order valence-electron chi connectivity index (χ4n) is 2.60. The van der Waals surface area contributed by atoms with Gasteiger partial charge in [0, 0.05) is 18.3 Å². The van der Waals surface area contributed by atoms with Gasteiger partial charge >= 0.3 is 11.9 Å². The molecule has 0 saturated carbocycles. The quantitative estimate of drug-likeness (QED) is 0.179. The number of carbonyl (C=O) groups is 2. The molecule has 0 bridgehead atoms. The van der Waals surface area contributed by atoms with E-state index in [1.807, 2.05) is 0 Å². The number of anilines is 1. The number of aryl methyl sites for hydroxylation is 1. The van der Waals surface area contributed by atoms with Gasteiger partial charge in [-0.2, -0.15) is 5.10 Å². The van der Waals surface area contributed by atoms with Crippen molar-refractivity contribution >= 4 is 29.8 Å². The summed E-state index contributed by atoms with van der Waals surface area (Å²) in [5, 5.41) is 14.7. The van der Waals surface area contributed by atoms with Gasteiger partial charge in [0.15, 0.2) is 0 Å². The number of nitrogens with one attached hydrogen (secondary N) is 1. The van der Waals surface area contributed by atoms with Crippen LogP contribution in [0, 0.1) is 17.0 Å². The van der Waals surface area contributed by atoms with Gasteiger partial charge in [-0.1, -0.05) is 0 Å². The number of nitrogens with zero attached hydrogens (tertiary/aromatic N) is 4. The number of nitro benzene ring substituents is 1. The second-order valence-corrected chi connectivity index (χ2v) is 6.55. The number of hydrazone groups is 1. The van der Waals surface area contributed by atoms with Gasteiger partial charge < -0.3 is 9.47 Å². The van der Waals surface area contributed by atoms with Crippen LogP contribution in [0.1, 0.15) is 38.9 Å². The number of aromatic nitrogens is 2. The lowest BCUT2D eigenvalue weighted by Gasteiger charge is -2.06. The highest BCUT2D eigenvalue weighted by atomic mass is 16.6. The van der Waals surface area contributed by atoms with Crippen LogP contribution in [0.3, 0.4) is 0 Å². The number of hydrogen-bond donors (Lipinski definition) is 1. The Morgan fingerprint density at radius 1 is 1.12 bits per heavy atom. The Bertz CT molecular complexity index is 1190. The second kappa shape index (κ2) is 10.6. The lowest BCUT2D eigenvalue weighted by Crippen LogP contribution is -2.10. The molecule has 1 aromatic heterocycles. The number of carbonyl (C=O) groups excluding carboxylic acids is 2. The highest BCUT2D eigenvalue weighted by molar-refractivity contribution is 5.91. The van der Waals surface area contributed by atoms with Crippen LogP contribution in [-0.2, 0) is 4.74 Å². The molecule has 0 unspecified atom stereocenters. The van der Waals surface area contributed by atoms with Crippen molar-refractivity contribution in [2.45, 2.75) is 13.8 Å². The topological polar surface area (TPSA) is 146 Å². The third-order valence-corrected chi connectivity index (χ3v) is 4.26. The van der Waals surface area contributed by atoms with Crippen molar-refractivity contribution in [3.05, 3.63) is 87.2 Å². The molecule has 0 amide bonds. The summed E-state index contributed by atoms with van der Waals surface area (Å²) in [6.07, 6.45) is 2.88. The number of benzene rings is 2. The first-order valence-corrected chi connectivity index (χ1v) is 9.74. The van der Waals surface area contributed by atoms with E-state index in [0.717, 1.165) is 0 Å². The van der Waals surface area contributed by atoms with Gasteiger partial charge in [-0.05, 0) is 55.8 Å². The summed E-state index contributed by atoms with van der Waals surface area (Å²) in [5.41, 5.74) is 4.20. The average Bonchev–Trinajstić information content (AvgIpc) is 2.80. The maximum atomic E-state index is 12.2. The minimum absolute atomic E-state index is 0.112. The van der Waals surface area contributed by atoms with Crippen molar-refractivity contribution < 1.29 is 24.0 Å². The van der Waals surface area contributed by atoms with Crippen LogP contribution in [0.25, 0.3) is 0 Å². The van der Waals surface area contributed by atoms with Crippen LogP contribution in [0.4, 0.5) is 11.6 Å².